The van der Waals surface area contributed by atoms with Crippen LogP contribution in [-0.2, 0) is 0 Å². The number of halogens is 3. The predicted molar refractivity (Wildman–Crippen MR) is 75.5 cm³/mol. The van der Waals surface area contributed by atoms with Gasteiger partial charge < -0.3 is 5.32 Å². The topological polar surface area (TPSA) is 29.1 Å². The molecule has 1 amide bonds. The van der Waals surface area contributed by atoms with Crippen molar-refractivity contribution in [3.05, 3.63) is 35.4 Å². The van der Waals surface area contributed by atoms with Crippen molar-refractivity contribution in [3.63, 3.8) is 0 Å². The highest BCUT2D eigenvalue weighted by atomic mass is 79.9. The van der Waals surface area contributed by atoms with Gasteiger partial charge in [-0.2, -0.15) is 0 Å². The number of amides is 1. The molecule has 106 valence electrons. The standard InChI is InChI=1S/C14H18BrF2NO/c1-2-3-10(6-7-15)9-18-14(19)11-4-5-12(16)13(17)8-11/h4-5,8,10H,2-3,6-7,9H2,1H3,(H,18,19). The van der Waals surface area contributed by atoms with E-state index in [1.54, 1.807) is 0 Å². The van der Waals surface area contributed by atoms with Crippen LogP contribution in [0.1, 0.15) is 36.5 Å². The van der Waals surface area contributed by atoms with Gasteiger partial charge in [0.15, 0.2) is 11.6 Å². The molecule has 0 heterocycles. The molecule has 1 aromatic rings. The molecule has 1 atom stereocenters. The first-order valence-electron chi connectivity index (χ1n) is 6.37. The van der Waals surface area contributed by atoms with Crippen LogP contribution in [0, 0.1) is 17.6 Å². The molecule has 19 heavy (non-hydrogen) atoms. The number of benzene rings is 1. The Bertz CT molecular complexity index is 420. The maximum atomic E-state index is 13.0. The van der Waals surface area contributed by atoms with Gasteiger partial charge in [0.25, 0.3) is 5.91 Å². The van der Waals surface area contributed by atoms with Gasteiger partial charge in [-0.1, -0.05) is 29.3 Å². The molecule has 0 radical (unpaired) electrons. The zero-order valence-corrected chi connectivity index (χ0v) is 12.5. The van der Waals surface area contributed by atoms with Gasteiger partial charge in [0.05, 0.1) is 0 Å². The van der Waals surface area contributed by atoms with Gasteiger partial charge >= 0.3 is 0 Å². The van der Waals surface area contributed by atoms with Crippen molar-refractivity contribution >= 4 is 21.8 Å². The molecule has 0 spiro atoms. The summed E-state index contributed by atoms with van der Waals surface area (Å²) in [5.41, 5.74) is 0.146. The Hall–Kier alpha value is -0.970. The Morgan fingerprint density at radius 3 is 2.63 bits per heavy atom. The lowest BCUT2D eigenvalue weighted by Crippen LogP contribution is -2.29. The summed E-state index contributed by atoms with van der Waals surface area (Å²) in [5.74, 6) is -1.91. The molecule has 0 aliphatic heterocycles. The average molecular weight is 334 g/mol. The lowest BCUT2D eigenvalue weighted by molar-refractivity contribution is 0.0945. The first kappa shape index (κ1) is 16.1. The molecular weight excluding hydrogens is 316 g/mol. The van der Waals surface area contributed by atoms with Crippen LogP contribution < -0.4 is 5.32 Å². The highest BCUT2D eigenvalue weighted by molar-refractivity contribution is 9.09. The number of hydrogen-bond acceptors (Lipinski definition) is 1. The van der Waals surface area contributed by atoms with Gasteiger partial charge in [-0.05, 0) is 37.0 Å². The third-order valence-corrected chi connectivity index (χ3v) is 3.41. The fourth-order valence-corrected chi connectivity index (χ4v) is 2.53. The Balaban J connectivity index is 2.56. The number of rotatable bonds is 7. The predicted octanol–water partition coefficient (Wildman–Crippen LogP) is 3.90. The van der Waals surface area contributed by atoms with Crippen LogP contribution in [0.2, 0.25) is 0 Å². The summed E-state index contributed by atoms with van der Waals surface area (Å²) in [4.78, 5) is 11.8. The maximum Gasteiger partial charge on any atom is 0.251 e. The molecule has 0 bridgehead atoms. The molecule has 1 aromatic carbocycles. The quantitative estimate of drug-likeness (QED) is 0.753. The molecule has 1 unspecified atom stereocenters. The summed E-state index contributed by atoms with van der Waals surface area (Å²) < 4.78 is 25.8. The van der Waals surface area contributed by atoms with E-state index in [4.69, 9.17) is 0 Å². The van der Waals surface area contributed by atoms with Crippen LogP contribution in [-0.4, -0.2) is 17.8 Å². The summed E-state index contributed by atoms with van der Waals surface area (Å²) in [6.45, 7) is 2.65. The lowest BCUT2D eigenvalue weighted by Gasteiger charge is -2.15. The molecule has 0 saturated heterocycles. The van der Waals surface area contributed by atoms with E-state index < -0.39 is 11.6 Å². The minimum atomic E-state index is -1.00. The molecule has 1 N–H and O–H groups in total. The smallest absolute Gasteiger partial charge is 0.251 e. The second kappa shape index (κ2) is 8.25. The molecule has 0 saturated carbocycles. The van der Waals surface area contributed by atoms with Crippen LogP contribution in [0.4, 0.5) is 8.78 Å². The second-order valence-electron chi connectivity index (χ2n) is 4.47. The first-order valence-corrected chi connectivity index (χ1v) is 7.49. The van der Waals surface area contributed by atoms with Crippen molar-refractivity contribution in [3.8, 4) is 0 Å². The Morgan fingerprint density at radius 1 is 1.32 bits per heavy atom. The van der Waals surface area contributed by atoms with E-state index in [9.17, 15) is 13.6 Å². The monoisotopic (exact) mass is 333 g/mol. The van der Waals surface area contributed by atoms with Crippen molar-refractivity contribution < 1.29 is 13.6 Å². The van der Waals surface area contributed by atoms with Crippen LogP contribution in [0.25, 0.3) is 0 Å². The van der Waals surface area contributed by atoms with E-state index in [1.807, 2.05) is 0 Å². The summed E-state index contributed by atoms with van der Waals surface area (Å²) >= 11 is 3.39. The minimum Gasteiger partial charge on any atom is -0.352 e. The van der Waals surface area contributed by atoms with Crippen molar-refractivity contribution in [1.82, 2.24) is 5.32 Å². The van der Waals surface area contributed by atoms with Crippen LogP contribution in [0.3, 0.4) is 0 Å². The molecule has 0 aromatic heterocycles. The number of carbonyl (C=O) groups excluding carboxylic acids is 1. The van der Waals surface area contributed by atoms with Crippen molar-refractivity contribution in [2.24, 2.45) is 5.92 Å². The van der Waals surface area contributed by atoms with E-state index in [1.165, 1.54) is 6.07 Å². The summed E-state index contributed by atoms with van der Waals surface area (Å²) in [6.07, 6.45) is 3.06. The molecule has 0 aliphatic rings. The van der Waals surface area contributed by atoms with Crippen molar-refractivity contribution in [1.29, 1.82) is 0 Å². The molecule has 0 fully saturated rings. The summed E-state index contributed by atoms with van der Waals surface area (Å²) in [6, 6.07) is 3.17. The van der Waals surface area contributed by atoms with Crippen LogP contribution >= 0.6 is 15.9 Å². The van der Waals surface area contributed by atoms with Crippen molar-refractivity contribution in [2.75, 3.05) is 11.9 Å². The van der Waals surface area contributed by atoms with Gasteiger partial charge in [-0.25, -0.2) is 8.78 Å². The van der Waals surface area contributed by atoms with Crippen LogP contribution in [0.5, 0.6) is 0 Å². The third kappa shape index (κ3) is 5.27. The number of carbonyl (C=O) groups is 1. The zero-order chi connectivity index (χ0) is 14.3. The maximum absolute atomic E-state index is 13.0. The molecule has 2 nitrogen and oxygen atoms in total. The van der Waals surface area contributed by atoms with Gasteiger partial charge in [0, 0.05) is 17.4 Å². The molecular formula is C14H18BrF2NO. The van der Waals surface area contributed by atoms with E-state index in [0.717, 1.165) is 36.7 Å². The first-order chi connectivity index (χ1) is 9.08. The van der Waals surface area contributed by atoms with E-state index >= 15 is 0 Å². The van der Waals surface area contributed by atoms with E-state index in [-0.39, 0.29) is 11.5 Å². The second-order valence-corrected chi connectivity index (χ2v) is 5.26. The third-order valence-electron chi connectivity index (χ3n) is 2.95. The van der Waals surface area contributed by atoms with E-state index in [0.29, 0.717) is 12.5 Å². The number of nitrogens with one attached hydrogen (secondary N) is 1. The SMILES string of the molecule is CCCC(CCBr)CNC(=O)c1ccc(F)c(F)c1. The van der Waals surface area contributed by atoms with Gasteiger partial charge in [-0.15, -0.1) is 0 Å². The highest BCUT2D eigenvalue weighted by Gasteiger charge is 2.12. The van der Waals surface area contributed by atoms with Gasteiger partial charge in [-0.3, -0.25) is 4.79 Å². The molecule has 5 heteroatoms. The fourth-order valence-electron chi connectivity index (χ4n) is 1.89. The molecule has 0 aliphatic carbocycles. The van der Waals surface area contributed by atoms with Gasteiger partial charge in [0.1, 0.15) is 0 Å². The zero-order valence-electron chi connectivity index (χ0n) is 10.9. The Kier molecular flexibility index (Phi) is 6.99. The minimum absolute atomic E-state index is 0.146. The normalized spacial score (nSPS) is 12.2. The lowest BCUT2D eigenvalue weighted by atomic mass is 10.0. The van der Waals surface area contributed by atoms with Crippen molar-refractivity contribution in [2.45, 2.75) is 26.2 Å². The Labute approximate surface area is 120 Å². The number of alkyl halides is 1. The Morgan fingerprint density at radius 2 is 2.05 bits per heavy atom. The van der Waals surface area contributed by atoms with Gasteiger partial charge in [0.2, 0.25) is 0 Å². The highest BCUT2D eigenvalue weighted by Crippen LogP contribution is 2.13. The largest absolute Gasteiger partial charge is 0.352 e. The van der Waals surface area contributed by atoms with E-state index in [2.05, 4.69) is 28.2 Å². The molecule has 1 rings (SSSR count). The fraction of sp³-hybridized carbons (Fsp3) is 0.500. The summed E-state index contributed by atoms with van der Waals surface area (Å²) in [7, 11) is 0. The summed E-state index contributed by atoms with van der Waals surface area (Å²) in [5, 5.41) is 3.65. The van der Waals surface area contributed by atoms with Crippen LogP contribution in [0.15, 0.2) is 18.2 Å². The number of hydrogen-bond donors (Lipinski definition) is 1. The average Bonchev–Trinajstić information content (AvgIpc) is 2.39.